The van der Waals surface area contributed by atoms with Crippen LogP contribution in [0.1, 0.15) is 25.3 Å². The smallest absolute Gasteiger partial charge is 0.234 e. The Morgan fingerprint density at radius 1 is 1.71 bits per heavy atom. The molecule has 1 amide bonds. The number of piperidine rings is 1. The Hall–Kier alpha value is -1.36. The fourth-order valence-electron chi connectivity index (χ4n) is 2.42. The van der Waals surface area contributed by atoms with Crippen molar-refractivity contribution >= 4 is 5.91 Å². The lowest BCUT2D eigenvalue weighted by molar-refractivity contribution is -0.120. The minimum Gasteiger partial charge on any atom is -0.368 e. The molecule has 0 saturated carbocycles. The Bertz CT molecular complexity index is 388. The van der Waals surface area contributed by atoms with Gasteiger partial charge in [-0.25, -0.2) is 0 Å². The van der Waals surface area contributed by atoms with Crippen LogP contribution in [0.2, 0.25) is 0 Å². The third kappa shape index (κ3) is 3.06. The quantitative estimate of drug-likeness (QED) is 0.789. The first-order chi connectivity index (χ1) is 8.19. The largest absolute Gasteiger partial charge is 0.368 e. The molecule has 0 radical (unpaired) electrons. The van der Waals surface area contributed by atoms with Crippen LogP contribution in [0.5, 0.6) is 0 Å². The second kappa shape index (κ2) is 5.31. The molecule has 5 nitrogen and oxygen atoms in total. The zero-order valence-corrected chi connectivity index (χ0v) is 10.2. The number of carbonyl (C=O) groups excluding carboxylic acids is 1. The molecule has 1 aromatic rings. The predicted octanol–water partition coefficient (Wildman–Crippen LogP) is 0.299. The Kier molecular flexibility index (Phi) is 3.78. The highest BCUT2D eigenvalue weighted by Crippen LogP contribution is 2.20. The van der Waals surface area contributed by atoms with E-state index in [0.29, 0.717) is 5.92 Å². The van der Waals surface area contributed by atoms with Gasteiger partial charge in [-0.2, -0.15) is 5.10 Å². The van der Waals surface area contributed by atoms with Crippen molar-refractivity contribution in [1.29, 1.82) is 0 Å². The zero-order valence-electron chi connectivity index (χ0n) is 10.2. The van der Waals surface area contributed by atoms with E-state index in [4.69, 9.17) is 5.73 Å². The van der Waals surface area contributed by atoms with Crippen molar-refractivity contribution < 1.29 is 4.79 Å². The van der Waals surface area contributed by atoms with Crippen LogP contribution >= 0.6 is 0 Å². The summed E-state index contributed by atoms with van der Waals surface area (Å²) in [5.41, 5.74) is 6.58. The third-order valence-corrected chi connectivity index (χ3v) is 3.39. The summed E-state index contributed by atoms with van der Waals surface area (Å²) in [6.45, 7) is 3.85. The van der Waals surface area contributed by atoms with Gasteiger partial charge >= 0.3 is 0 Å². The van der Waals surface area contributed by atoms with Crippen LogP contribution in [-0.2, 0) is 17.8 Å². The highest BCUT2D eigenvalue weighted by atomic mass is 16.1. The fraction of sp³-hybridized carbons (Fsp3) is 0.667. The summed E-state index contributed by atoms with van der Waals surface area (Å²) in [4.78, 5) is 11.1. The molecule has 1 fully saturated rings. The lowest BCUT2D eigenvalue weighted by Gasteiger charge is -2.28. The van der Waals surface area contributed by atoms with Crippen LogP contribution in [0.4, 0.5) is 0 Å². The first kappa shape index (κ1) is 12.1. The molecule has 1 aromatic heterocycles. The lowest BCUT2D eigenvalue weighted by atomic mass is 9.88. The average molecular weight is 236 g/mol. The van der Waals surface area contributed by atoms with E-state index in [9.17, 15) is 4.79 Å². The molecule has 0 spiro atoms. The average Bonchev–Trinajstić information content (AvgIpc) is 2.77. The Morgan fingerprint density at radius 2 is 2.53 bits per heavy atom. The molecule has 17 heavy (non-hydrogen) atoms. The van der Waals surface area contributed by atoms with Crippen LogP contribution in [0, 0.1) is 5.92 Å². The molecule has 1 aliphatic rings. The van der Waals surface area contributed by atoms with Gasteiger partial charge in [0.2, 0.25) is 5.91 Å². The molecule has 0 aromatic carbocycles. The van der Waals surface area contributed by atoms with Gasteiger partial charge in [0.25, 0.3) is 0 Å². The number of nitrogens with one attached hydrogen (secondary N) is 1. The van der Waals surface area contributed by atoms with Crippen molar-refractivity contribution in [1.82, 2.24) is 15.1 Å². The molecule has 2 atom stereocenters. The van der Waals surface area contributed by atoms with Gasteiger partial charge in [-0.15, -0.1) is 0 Å². The van der Waals surface area contributed by atoms with E-state index >= 15 is 0 Å². The molecule has 0 aliphatic carbocycles. The number of amides is 1. The predicted molar refractivity (Wildman–Crippen MR) is 65.3 cm³/mol. The first-order valence-electron chi connectivity index (χ1n) is 6.23. The van der Waals surface area contributed by atoms with Crippen molar-refractivity contribution in [2.24, 2.45) is 11.7 Å². The number of nitrogens with zero attached hydrogens (tertiary/aromatic N) is 2. The van der Waals surface area contributed by atoms with Crippen LogP contribution in [0.15, 0.2) is 12.4 Å². The monoisotopic (exact) mass is 236 g/mol. The van der Waals surface area contributed by atoms with Crippen molar-refractivity contribution in [3.05, 3.63) is 18.0 Å². The number of aryl methyl sites for hydroxylation is 1. The van der Waals surface area contributed by atoms with Crippen molar-refractivity contribution in [2.75, 3.05) is 6.54 Å². The van der Waals surface area contributed by atoms with Crippen LogP contribution in [-0.4, -0.2) is 28.3 Å². The highest BCUT2D eigenvalue weighted by molar-refractivity contribution is 5.79. The summed E-state index contributed by atoms with van der Waals surface area (Å²) >= 11 is 0. The summed E-state index contributed by atoms with van der Waals surface area (Å²) < 4.78 is 1.93. The van der Waals surface area contributed by atoms with Crippen LogP contribution < -0.4 is 11.1 Å². The molecule has 2 heterocycles. The molecule has 5 heteroatoms. The summed E-state index contributed by atoms with van der Waals surface area (Å²) in [7, 11) is 0. The third-order valence-electron chi connectivity index (χ3n) is 3.39. The minimum absolute atomic E-state index is 0.157. The summed E-state index contributed by atoms with van der Waals surface area (Å²) in [5.74, 6) is 0.294. The van der Waals surface area contributed by atoms with Gasteiger partial charge in [0.05, 0.1) is 12.2 Å². The highest BCUT2D eigenvalue weighted by Gasteiger charge is 2.25. The number of rotatable bonds is 4. The summed E-state index contributed by atoms with van der Waals surface area (Å²) in [5, 5.41) is 7.42. The normalized spacial score (nSPS) is 24.8. The molecule has 1 saturated heterocycles. The fourth-order valence-corrected chi connectivity index (χ4v) is 2.42. The SMILES string of the molecule is CCn1cc(CC2CCNC(C(N)=O)C2)cn1. The zero-order chi connectivity index (χ0) is 12.3. The van der Waals surface area contributed by atoms with Gasteiger partial charge < -0.3 is 11.1 Å². The van der Waals surface area contributed by atoms with Crippen molar-refractivity contribution in [2.45, 2.75) is 38.8 Å². The van der Waals surface area contributed by atoms with Gasteiger partial charge in [0, 0.05) is 12.7 Å². The molecule has 1 aliphatic heterocycles. The topological polar surface area (TPSA) is 72.9 Å². The Labute approximate surface area is 101 Å². The molecule has 2 unspecified atom stereocenters. The van der Waals surface area contributed by atoms with Crippen LogP contribution in [0.3, 0.4) is 0 Å². The lowest BCUT2D eigenvalue weighted by Crippen LogP contribution is -2.47. The van der Waals surface area contributed by atoms with Crippen LogP contribution in [0.25, 0.3) is 0 Å². The number of carbonyl (C=O) groups is 1. The summed E-state index contributed by atoms with van der Waals surface area (Å²) in [6, 6.07) is -0.157. The molecule has 3 N–H and O–H groups in total. The Morgan fingerprint density at radius 3 is 3.18 bits per heavy atom. The van der Waals surface area contributed by atoms with Gasteiger partial charge in [0.1, 0.15) is 0 Å². The van der Waals surface area contributed by atoms with Gasteiger partial charge in [-0.3, -0.25) is 9.48 Å². The first-order valence-corrected chi connectivity index (χ1v) is 6.23. The maximum atomic E-state index is 11.1. The number of nitrogens with two attached hydrogens (primary N) is 1. The molecule has 0 bridgehead atoms. The van der Waals surface area contributed by atoms with Gasteiger partial charge in [-0.1, -0.05) is 0 Å². The maximum Gasteiger partial charge on any atom is 0.234 e. The minimum atomic E-state index is -0.237. The van der Waals surface area contributed by atoms with E-state index in [0.717, 1.165) is 32.4 Å². The van der Waals surface area contributed by atoms with Crippen molar-refractivity contribution in [3.8, 4) is 0 Å². The van der Waals surface area contributed by atoms with E-state index in [1.54, 1.807) is 0 Å². The Balaban J connectivity index is 1.92. The van der Waals surface area contributed by atoms with E-state index in [2.05, 4.69) is 23.5 Å². The van der Waals surface area contributed by atoms with E-state index in [1.165, 1.54) is 5.56 Å². The molecular formula is C12H20N4O. The van der Waals surface area contributed by atoms with E-state index in [1.807, 2.05) is 10.9 Å². The van der Waals surface area contributed by atoms with Gasteiger partial charge in [0.15, 0.2) is 0 Å². The van der Waals surface area contributed by atoms with Crippen molar-refractivity contribution in [3.63, 3.8) is 0 Å². The number of hydrogen-bond donors (Lipinski definition) is 2. The van der Waals surface area contributed by atoms with Gasteiger partial charge in [-0.05, 0) is 44.2 Å². The summed E-state index contributed by atoms with van der Waals surface area (Å²) in [6.07, 6.45) is 6.94. The number of hydrogen-bond acceptors (Lipinski definition) is 3. The number of aromatic nitrogens is 2. The van der Waals surface area contributed by atoms with E-state index in [-0.39, 0.29) is 11.9 Å². The molecule has 94 valence electrons. The number of primary amides is 1. The standard InChI is InChI=1S/C12H20N4O/c1-2-16-8-10(7-15-16)5-9-3-4-14-11(6-9)12(13)17/h7-9,11,14H,2-6H2,1H3,(H2,13,17). The van der Waals surface area contributed by atoms with E-state index < -0.39 is 0 Å². The second-order valence-electron chi connectivity index (χ2n) is 4.71. The second-order valence-corrected chi connectivity index (χ2v) is 4.71. The maximum absolute atomic E-state index is 11.1. The molecular weight excluding hydrogens is 216 g/mol. The molecule has 2 rings (SSSR count).